The first-order valence-corrected chi connectivity index (χ1v) is 5.97. The van der Waals surface area contributed by atoms with Gasteiger partial charge in [-0.1, -0.05) is 28.1 Å². The van der Waals surface area contributed by atoms with Crippen LogP contribution in [0.3, 0.4) is 0 Å². The number of benzene rings is 1. The summed E-state index contributed by atoms with van der Waals surface area (Å²) >= 11 is 2.91. The standard InChI is InChI=1S/C13H9BrF3N/c1-8-2-5-12(18-7-8)9-3-4-11(14)10(6-9)13(15,16)17/h2-7H,1H3. The van der Waals surface area contributed by atoms with Crippen molar-refractivity contribution < 1.29 is 13.2 Å². The van der Waals surface area contributed by atoms with Crippen molar-refractivity contribution in [2.24, 2.45) is 0 Å². The summed E-state index contributed by atoms with van der Waals surface area (Å²) < 4.78 is 38.3. The van der Waals surface area contributed by atoms with Gasteiger partial charge >= 0.3 is 6.18 Å². The van der Waals surface area contributed by atoms with Crippen molar-refractivity contribution in [3.63, 3.8) is 0 Å². The van der Waals surface area contributed by atoms with Gasteiger partial charge in [-0.2, -0.15) is 13.2 Å². The van der Waals surface area contributed by atoms with E-state index in [9.17, 15) is 13.2 Å². The van der Waals surface area contributed by atoms with Gasteiger partial charge in [-0.05, 0) is 30.7 Å². The van der Waals surface area contributed by atoms with Gasteiger partial charge in [0.1, 0.15) is 0 Å². The summed E-state index contributed by atoms with van der Waals surface area (Å²) in [6.45, 7) is 1.87. The fourth-order valence-electron chi connectivity index (χ4n) is 1.54. The maximum atomic E-state index is 12.8. The number of pyridine rings is 1. The van der Waals surface area contributed by atoms with Crippen LogP contribution in [0.4, 0.5) is 13.2 Å². The molecule has 0 radical (unpaired) electrons. The molecule has 0 aliphatic carbocycles. The molecule has 0 N–H and O–H groups in total. The van der Waals surface area contributed by atoms with Gasteiger partial charge in [0.25, 0.3) is 0 Å². The summed E-state index contributed by atoms with van der Waals surface area (Å²) in [6.07, 6.45) is -2.75. The van der Waals surface area contributed by atoms with Crippen LogP contribution in [0.5, 0.6) is 0 Å². The molecule has 0 saturated carbocycles. The fraction of sp³-hybridized carbons (Fsp3) is 0.154. The van der Waals surface area contributed by atoms with Crippen molar-refractivity contribution in [1.82, 2.24) is 4.98 Å². The first kappa shape index (κ1) is 13.1. The second-order valence-electron chi connectivity index (χ2n) is 3.91. The molecule has 0 bridgehead atoms. The molecule has 0 unspecified atom stereocenters. The smallest absolute Gasteiger partial charge is 0.256 e. The minimum Gasteiger partial charge on any atom is -0.256 e. The molecule has 1 aromatic carbocycles. The molecule has 1 heterocycles. The molecule has 5 heteroatoms. The van der Waals surface area contributed by atoms with Crippen LogP contribution in [0.25, 0.3) is 11.3 Å². The van der Waals surface area contributed by atoms with E-state index in [-0.39, 0.29) is 4.47 Å². The number of hydrogen-bond acceptors (Lipinski definition) is 1. The Morgan fingerprint density at radius 1 is 1.11 bits per heavy atom. The zero-order valence-electron chi connectivity index (χ0n) is 9.42. The molecule has 18 heavy (non-hydrogen) atoms. The van der Waals surface area contributed by atoms with Crippen LogP contribution < -0.4 is 0 Å². The molecule has 0 saturated heterocycles. The van der Waals surface area contributed by atoms with E-state index in [1.807, 2.05) is 13.0 Å². The maximum Gasteiger partial charge on any atom is 0.417 e. The average Bonchev–Trinajstić information content (AvgIpc) is 2.29. The second kappa shape index (κ2) is 4.72. The Kier molecular flexibility index (Phi) is 3.43. The Balaban J connectivity index is 2.50. The molecule has 0 amide bonds. The number of halogens is 4. The third kappa shape index (κ3) is 2.72. The molecule has 94 valence electrons. The molecule has 0 atom stereocenters. The van der Waals surface area contributed by atoms with Crippen molar-refractivity contribution in [1.29, 1.82) is 0 Å². The Labute approximate surface area is 111 Å². The van der Waals surface area contributed by atoms with Gasteiger partial charge in [-0.25, -0.2) is 0 Å². The first-order chi connectivity index (χ1) is 8.38. The molecule has 1 nitrogen and oxygen atoms in total. The number of aromatic nitrogens is 1. The third-order valence-electron chi connectivity index (χ3n) is 2.48. The Morgan fingerprint density at radius 3 is 2.39 bits per heavy atom. The van der Waals surface area contributed by atoms with E-state index in [4.69, 9.17) is 0 Å². The summed E-state index contributed by atoms with van der Waals surface area (Å²) in [5, 5.41) is 0. The van der Waals surface area contributed by atoms with E-state index >= 15 is 0 Å². The molecular weight excluding hydrogens is 307 g/mol. The van der Waals surface area contributed by atoms with Crippen molar-refractivity contribution in [2.45, 2.75) is 13.1 Å². The van der Waals surface area contributed by atoms with E-state index in [1.165, 1.54) is 6.07 Å². The van der Waals surface area contributed by atoms with Gasteiger partial charge in [0.2, 0.25) is 0 Å². The van der Waals surface area contributed by atoms with Crippen LogP contribution in [-0.4, -0.2) is 4.98 Å². The van der Waals surface area contributed by atoms with E-state index in [1.54, 1.807) is 18.3 Å². The lowest BCUT2D eigenvalue weighted by atomic mass is 10.1. The zero-order valence-corrected chi connectivity index (χ0v) is 11.0. The summed E-state index contributed by atoms with van der Waals surface area (Å²) in [7, 11) is 0. The molecule has 0 fully saturated rings. The van der Waals surface area contributed by atoms with E-state index in [2.05, 4.69) is 20.9 Å². The third-order valence-corrected chi connectivity index (χ3v) is 3.17. The number of hydrogen-bond donors (Lipinski definition) is 0. The number of aryl methyl sites for hydroxylation is 1. The van der Waals surface area contributed by atoms with Crippen molar-refractivity contribution in [3.05, 3.63) is 52.1 Å². The van der Waals surface area contributed by atoms with Crippen LogP contribution in [0, 0.1) is 6.92 Å². The molecule has 0 spiro atoms. The van der Waals surface area contributed by atoms with Crippen LogP contribution in [0.1, 0.15) is 11.1 Å². The van der Waals surface area contributed by atoms with Gasteiger partial charge in [0.05, 0.1) is 11.3 Å². The van der Waals surface area contributed by atoms with Crippen LogP contribution in [-0.2, 0) is 6.18 Å². The van der Waals surface area contributed by atoms with E-state index < -0.39 is 11.7 Å². The predicted octanol–water partition coefficient (Wildman–Crippen LogP) is 4.84. The monoisotopic (exact) mass is 315 g/mol. The van der Waals surface area contributed by atoms with Crippen LogP contribution >= 0.6 is 15.9 Å². The van der Waals surface area contributed by atoms with Crippen LogP contribution in [0.2, 0.25) is 0 Å². The Morgan fingerprint density at radius 2 is 1.83 bits per heavy atom. The highest BCUT2D eigenvalue weighted by Gasteiger charge is 2.33. The minimum atomic E-state index is -4.38. The number of alkyl halides is 3. The van der Waals surface area contributed by atoms with Crippen LogP contribution in [0.15, 0.2) is 41.0 Å². The largest absolute Gasteiger partial charge is 0.417 e. The lowest BCUT2D eigenvalue weighted by Crippen LogP contribution is -2.06. The molecule has 0 aliphatic heterocycles. The fourth-order valence-corrected chi connectivity index (χ4v) is 2.01. The van der Waals surface area contributed by atoms with Crippen molar-refractivity contribution in [2.75, 3.05) is 0 Å². The Hall–Kier alpha value is -1.36. The molecule has 2 rings (SSSR count). The number of nitrogens with zero attached hydrogens (tertiary/aromatic N) is 1. The van der Waals surface area contributed by atoms with Gasteiger partial charge in [-0.3, -0.25) is 4.98 Å². The second-order valence-corrected chi connectivity index (χ2v) is 4.77. The lowest BCUT2D eigenvalue weighted by Gasteiger charge is -2.11. The highest BCUT2D eigenvalue weighted by atomic mass is 79.9. The summed E-state index contributed by atoms with van der Waals surface area (Å²) in [5.41, 5.74) is 1.25. The minimum absolute atomic E-state index is 0.0332. The van der Waals surface area contributed by atoms with Gasteiger partial charge in [0.15, 0.2) is 0 Å². The highest BCUT2D eigenvalue weighted by Crippen LogP contribution is 2.36. The Bertz CT molecular complexity index is 561. The van der Waals surface area contributed by atoms with Crippen molar-refractivity contribution >= 4 is 15.9 Å². The van der Waals surface area contributed by atoms with Gasteiger partial charge < -0.3 is 0 Å². The molecular formula is C13H9BrF3N. The average molecular weight is 316 g/mol. The SMILES string of the molecule is Cc1ccc(-c2ccc(Br)c(C(F)(F)F)c2)nc1. The van der Waals surface area contributed by atoms with Gasteiger partial charge in [0, 0.05) is 16.2 Å². The molecule has 0 aliphatic rings. The lowest BCUT2D eigenvalue weighted by molar-refractivity contribution is -0.138. The molecule has 1 aromatic heterocycles. The van der Waals surface area contributed by atoms with Crippen molar-refractivity contribution in [3.8, 4) is 11.3 Å². The van der Waals surface area contributed by atoms with E-state index in [0.29, 0.717) is 11.3 Å². The van der Waals surface area contributed by atoms with Gasteiger partial charge in [-0.15, -0.1) is 0 Å². The topological polar surface area (TPSA) is 12.9 Å². The zero-order chi connectivity index (χ0) is 13.3. The highest BCUT2D eigenvalue weighted by molar-refractivity contribution is 9.10. The maximum absolute atomic E-state index is 12.8. The quantitative estimate of drug-likeness (QED) is 0.734. The van der Waals surface area contributed by atoms with E-state index in [0.717, 1.165) is 11.6 Å². The normalized spacial score (nSPS) is 11.6. The predicted molar refractivity (Wildman–Crippen MR) is 67.1 cm³/mol. The molecule has 2 aromatic rings. The summed E-state index contributed by atoms with van der Waals surface area (Å²) in [6, 6.07) is 7.62. The summed E-state index contributed by atoms with van der Waals surface area (Å²) in [4.78, 5) is 4.12. The number of rotatable bonds is 1. The first-order valence-electron chi connectivity index (χ1n) is 5.18. The summed E-state index contributed by atoms with van der Waals surface area (Å²) in [5.74, 6) is 0.